The van der Waals surface area contributed by atoms with Crippen LogP contribution >= 0.6 is 15.9 Å². The van der Waals surface area contributed by atoms with Crippen molar-refractivity contribution in [2.75, 3.05) is 32.8 Å². The van der Waals surface area contributed by atoms with Crippen molar-refractivity contribution in [1.29, 1.82) is 0 Å². The number of nitrogens with one attached hydrogen (secondary N) is 1. The zero-order chi connectivity index (χ0) is 14.8. The van der Waals surface area contributed by atoms with Crippen molar-refractivity contribution in [3.8, 4) is 0 Å². The Bertz CT molecular complexity index is 677. The number of hydrogen-bond acceptors (Lipinski definition) is 5. The molecule has 2 aromatic heterocycles. The van der Waals surface area contributed by atoms with E-state index in [0.717, 1.165) is 39.3 Å². The largest absolute Gasteiger partial charge is 0.379 e. The van der Waals surface area contributed by atoms with Crippen LogP contribution in [0.2, 0.25) is 0 Å². The summed E-state index contributed by atoms with van der Waals surface area (Å²) in [6.07, 6.45) is 2.45. The van der Waals surface area contributed by atoms with Crippen LogP contribution in [0.25, 0.3) is 11.3 Å². The molecule has 8 heteroatoms. The molecule has 1 aliphatic rings. The normalized spacial score (nSPS) is 18.2. The third-order valence-corrected chi connectivity index (χ3v) is 4.19. The molecule has 0 aliphatic carbocycles. The number of aromatic amines is 1. The number of fused-ring (bicyclic) bond motifs is 1. The van der Waals surface area contributed by atoms with Gasteiger partial charge in [0.2, 0.25) is 0 Å². The second-order valence-electron chi connectivity index (χ2n) is 5.14. The predicted octanol–water partition coefficient (Wildman–Crippen LogP) is 1.17. The van der Waals surface area contributed by atoms with Crippen molar-refractivity contribution in [3.63, 3.8) is 0 Å². The predicted molar refractivity (Wildman–Crippen MR) is 82.4 cm³/mol. The Kier molecular flexibility index (Phi) is 4.37. The van der Waals surface area contributed by atoms with Crippen LogP contribution in [-0.2, 0) is 4.74 Å². The second kappa shape index (κ2) is 6.25. The fourth-order valence-corrected chi connectivity index (χ4v) is 2.96. The van der Waals surface area contributed by atoms with Gasteiger partial charge in [0.15, 0.2) is 11.3 Å². The van der Waals surface area contributed by atoms with Crippen LogP contribution in [0, 0.1) is 0 Å². The lowest BCUT2D eigenvalue weighted by Crippen LogP contribution is -2.41. The molecule has 114 valence electrons. The Morgan fingerprint density at radius 1 is 1.48 bits per heavy atom. The molecule has 0 amide bonds. The van der Waals surface area contributed by atoms with Gasteiger partial charge >= 0.3 is 5.69 Å². The number of aromatic nitrogens is 4. The van der Waals surface area contributed by atoms with Crippen molar-refractivity contribution in [2.24, 2.45) is 0 Å². The minimum Gasteiger partial charge on any atom is -0.379 e. The Hall–Kier alpha value is -1.25. The van der Waals surface area contributed by atoms with E-state index in [-0.39, 0.29) is 11.7 Å². The van der Waals surface area contributed by atoms with Crippen molar-refractivity contribution in [2.45, 2.75) is 19.4 Å². The van der Waals surface area contributed by atoms with Crippen LogP contribution in [0.1, 0.15) is 19.4 Å². The van der Waals surface area contributed by atoms with Crippen molar-refractivity contribution in [1.82, 2.24) is 24.4 Å². The van der Waals surface area contributed by atoms with E-state index in [9.17, 15) is 4.79 Å². The van der Waals surface area contributed by atoms with Gasteiger partial charge < -0.3 is 4.74 Å². The third kappa shape index (κ3) is 3.02. The SMILES string of the molecule is CC[C@@H](CN1CCOCC1)n1c(=O)[nH]c2ncc(Br)nc21. The molecule has 1 aliphatic heterocycles. The monoisotopic (exact) mass is 355 g/mol. The average molecular weight is 356 g/mol. The lowest BCUT2D eigenvalue weighted by atomic mass is 10.2. The molecule has 7 nitrogen and oxygen atoms in total. The van der Waals surface area contributed by atoms with E-state index < -0.39 is 0 Å². The number of morpholine rings is 1. The Balaban J connectivity index is 1.94. The first-order chi connectivity index (χ1) is 10.2. The molecule has 0 saturated carbocycles. The van der Waals surface area contributed by atoms with Gasteiger partial charge in [0.1, 0.15) is 4.60 Å². The van der Waals surface area contributed by atoms with Crippen molar-refractivity contribution in [3.05, 3.63) is 21.3 Å². The summed E-state index contributed by atoms with van der Waals surface area (Å²) in [5, 5.41) is 0. The summed E-state index contributed by atoms with van der Waals surface area (Å²) in [5.41, 5.74) is 0.987. The van der Waals surface area contributed by atoms with E-state index in [1.165, 1.54) is 0 Å². The van der Waals surface area contributed by atoms with Crippen molar-refractivity contribution >= 4 is 27.2 Å². The summed E-state index contributed by atoms with van der Waals surface area (Å²) in [5.74, 6) is 0. The topological polar surface area (TPSA) is 76.0 Å². The van der Waals surface area contributed by atoms with Gasteiger partial charge in [0.25, 0.3) is 0 Å². The third-order valence-electron chi connectivity index (χ3n) is 3.81. The van der Waals surface area contributed by atoms with Gasteiger partial charge in [-0.1, -0.05) is 6.92 Å². The molecule has 21 heavy (non-hydrogen) atoms. The number of nitrogens with zero attached hydrogens (tertiary/aromatic N) is 4. The lowest BCUT2D eigenvalue weighted by molar-refractivity contribution is 0.0312. The molecule has 1 N–H and O–H groups in total. The first kappa shape index (κ1) is 14.7. The van der Waals surface area contributed by atoms with Gasteiger partial charge in [-0.15, -0.1) is 0 Å². The zero-order valence-electron chi connectivity index (χ0n) is 11.9. The summed E-state index contributed by atoms with van der Waals surface area (Å²) in [6, 6.07) is 0.0768. The fraction of sp³-hybridized carbons (Fsp3) is 0.615. The van der Waals surface area contributed by atoms with Gasteiger partial charge in [-0.3, -0.25) is 14.5 Å². The highest BCUT2D eigenvalue weighted by Crippen LogP contribution is 2.18. The van der Waals surface area contributed by atoms with Gasteiger partial charge in [-0.2, -0.15) is 0 Å². The van der Waals surface area contributed by atoms with Crippen molar-refractivity contribution < 1.29 is 4.74 Å². The van der Waals surface area contributed by atoms with Crippen LogP contribution in [-0.4, -0.2) is 57.3 Å². The summed E-state index contributed by atoms with van der Waals surface area (Å²) in [6.45, 7) is 6.23. The Morgan fingerprint density at radius 3 is 2.95 bits per heavy atom. The number of halogens is 1. The van der Waals surface area contributed by atoms with E-state index in [0.29, 0.717) is 15.9 Å². The molecule has 0 radical (unpaired) electrons. The molecular formula is C13H18BrN5O2. The average Bonchev–Trinajstić information content (AvgIpc) is 2.81. The highest BCUT2D eigenvalue weighted by atomic mass is 79.9. The first-order valence-electron chi connectivity index (χ1n) is 7.12. The van der Waals surface area contributed by atoms with Gasteiger partial charge in [0, 0.05) is 19.6 Å². The van der Waals surface area contributed by atoms with Gasteiger partial charge in [-0.05, 0) is 22.4 Å². The zero-order valence-corrected chi connectivity index (χ0v) is 13.5. The molecule has 0 aromatic carbocycles. The molecule has 0 bridgehead atoms. The van der Waals surface area contributed by atoms with E-state index in [2.05, 4.69) is 42.7 Å². The minimum atomic E-state index is -0.150. The lowest BCUT2D eigenvalue weighted by Gasteiger charge is -2.30. The maximum absolute atomic E-state index is 12.3. The van der Waals surface area contributed by atoms with Crippen LogP contribution in [0.3, 0.4) is 0 Å². The summed E-state index contributed by atoms with van der Waals surface area (Å²) < 4.78 is 7.72. The van der Waals surface area contributed by atoms with E-state index in [4.69, 9.17) is 4.74 Å². The van der Waals surface area contributed by atoms with Crippen LogP contribution in [0.5, 0.6) is 0 Å². The highest BCUT2D eigenvalue weighted by Gasteiger charge is 2.21. The molecular weight excluding hydrogens is 338 g/mol. The summed E-state index contributed by atoms with van der Waals surface area (Å²) in [4.78, 5) is 26.0. The number of rotatable bonds is 4. The quantitative estimate of drug-likeness (QED) is 0.890. The maximum Gasteiger partial charge on any atom is 0.329 e. The van der Waals surface area contributed by atoms with Gasteiger partial charge in [-0.25, -0.2) is 14.8 Å². The molecule has 1 atom stereocenters. The summed E-state index contributed by atoms with van der Waals surface area (Å²) >= 11 is 3.32. The number of imidazole rings is 1. The van der Waals surface area contributed by atoms with E-state index >= 15 is 0 Å². The molecule has 0 spiro atoms. The van der Waals surface area contributed by atoms with E-state index in [1.54, 1.807) is 10.8 Å². The van der Waals surface area contributed by atoms with Gasteiger partial charge in [0.05, 0.1) is 25.5 Å². The Labute approximate surface area is 130 Å². The molecule has 3 heterocycles. The molecule has 2 aromatic rings. The number of hydrogen-bond donors (Lipinski definition) is 1. The highest BCUT2D eigenvalue weighted by molar-refractivity contribution is 9.10. The van der Waals surface area contributed by atoms with Crippen LogP contribution < -0.4 is 5.69 Å². The van der Waals surface area contributed by atoms with Crippen LogP contribution in [0.4, 0.5) is 0 Å². The standard InChI is InChI=1S/C13H18BrN5O2/c1-2-9(8-18-3-5-21-6-4-18)19-12-11(17-13(19)20)15-7-10(14)16-12/h7,9H,2-6,8H2,1H3,(H,15,17,20)/t9-/m0/s1. The van der Waals surface area contributed by atoms with Crippen LogP contribution in [0.15, 0.2) is 15.6 Å². The fourth-order valence-electron chi connectivity index (χ4n) is 2.69. The molecule has 0 unspecified atom stereocenters. The number of H-pyrrole nitrogens is 1. The smallest absolute Gasteiger partial charge is 0.329 e. The molecule has 1 saturated heterocycles. The molecule has 1 fully saturated rings. The minimum absolute atomic E-state index is 0.0768. The maximum atomic E-state index is 12.3. The second-order valence-corrected chi connectivity index (χ2v) is 5.95. The Morgan fingerprint density at radius 2 is 2.24 bits per heavy atom. The summed E-state index contributed by atoms with van der Waals surface area (Å²) in [7, 11) is 0. The van der Waals surface area contributed by atoms with E-state index in [1.807, 2.05) is 0 Å². The first-order valence-corrected chi connectivity index (χ1v) is 7.91. The number of ether oxygens (including phenoxy) is 1. The molecule has 3 rings (SSSR count).